The molecule has 0 aromatic heterocycles. The first-order chi connectivity index (χ1) is 10.0. The van der Waals surface area contributed by atoms with Crippen molar-refractivity contribution < 1.29 is 9.59 Å². The normalized spacial score (nSPS) is 22.4. The fourth-order valence-electron chi connectivity index (χ4n) is 3.10. The molecule has 0 N–H and O–H groups in total. The average molecular weight is 288 g/mol. The van der Waals surface area contributed by atoms with E-state index in [1.165, 1.54) is 4.90 Å². The number of rotatable bonds is 6. The number of likely N-dealkylation sites (N-methyl/N-ethyl adjacent to an activating group) is 1. The molecule has 0 bridgehead atoms. The Morgan fingerprint density at radius 3 is 2.24 bits per heavy atom. The van der Waals surface area contributed by atoms with Crippen LogP contribution in [-0.2, 0) is 15.0 Å². The molecule has 1 saturated heterocycles. The van der Waals surface area contributed by atoms with Crippen LogP contribution in [0.3, 0.4) is 0 Å². The maximum Gasteiger partial charge on any atom is 0.240 e. The van der Waals surface area contributed by atoms with Gasteiger partial charge in [-0.25, -0.2) is 0 Å². The first-order valence-corrected chi connectivity index (χ1v) is 7.64. The lowest BCUT2D eigenvalue weighted by molar-refractivity contribution is -0.138. The average Bonchev–Trinajstić information content (AvgIpc) is 2.74. The van der Waals surface area contributed by atoms with Gasteiger partial charge < -0.3 is 4.90 Å². The second-order valence-electron chi connectivity index (χ2n) is 5.66. The van der Waals surface area contributed by atoms with E-state index in [0.717, 1.165) is 25.2 Å². The first-order valence-electron chi connectivity index (χ1n) is 7.64. The SMILES string of the molecule is CCN(CC)CCC1(c2ccccc2)CC(=O)N(C)C1=O. The van der Waals surface area contributed by atoms with Crippen LogP contribution in [0.25, 0.3) is 0 Å². The highest BCUT2D eigenvalue weighted by Gasteiger charge is 2.50. The Morgan fingerprint density at radius 2 is 1.76 bits per heavy atom. The fraction of sp³-hybridized carbons (Fsp3) is 0.529. The lowest BCUT2D eigenvalue weighted by atomic mass is 9.76. The summed E-state index contributed by atoms with van der Waals surface area (Å²) >= 11 is 0. The Bertz CT molecular complexity index is 511. The Labute approximate surface area is 126 Å². The number of hydrogen-bond acceptors (Lipinski definition) is 3. The Balaban J connectivity index is 2.32. The third-order valence-corrected chi connectivity index (χ3v) is 4.62. The monoisotopic (exact) mass is 288 g/mol. The molecular weight excluding hydrogens is 264 g/mol. The topological polar surface area (TPSA) is 40.6 Å². The van der Waals surface area contributed by atoms with Crippen molar-refractivity contribution in [3.63, 3.8) is 0 Å². The summed E-state index contributed by atoms with van der Waals surface area (Å²) in [4.78, 5) is 28.3. The van der Waals surface area contributed by atoms with Gasteiger partial charge in [0.15, 0.2) is 0 Å². The molecule has 1 heterocycles. The lowest BCUT2D eigenvalue weighted by Gasteiger charge is -2.29. The molecule has 1 fully saturated rings. The van der Waals surface area contributed by atoms with E-state index in [1.54, 1.807) is 7.05 Å². The van der Waals surface area contributed by atoms with Crippen molar-refractivity contribution in [1.82, 2.24) is 9.80 Å². The van der Waals surface area contributed by atoms with Gasteiger partial charge in [0, 0.05) is 13.5 Å². The van der Waals surface area contributed by atoms with Crippen LogP contribution in [0.5, 0.6) is 0 Å². The van der Waals surface area contributed by atoms with Crippen molar-refractivity contribution in [2.24, 2.45) is 0 Å². The first kappa shape index (κ1) is 15.7. The van der Waals surface area contributed by atoms with Crippen molar-refractivity contribution in [3.8, 4) is 0 Å². The van der Waals surface area contributed by atoms with Gasteiger partial charge in [-0.1, -0.05) is 44.2 Å². The lowest BCUT2D eigenvalue weighted by Crippen LogP contribution is -2.40. The number of nitrogens with zero attached hydrogens (tertiary/aromatic N) is 2. The van der Waals surface area contributed by atoms with Gasteiger partial charge in [0.2, 0.25) is 11.8 Å². The van der Waals surface area contributed by atoms with Gasteiger partial charge in [-0.3, -0.25) is 14.5 Å². The van der Waals surface area contributed by atoms with Crippen LogP contribution in [0, 0.1) is 0 Å². The zero-order valence-corrected chi connectivity index (χ0v) is 13.1. The Hall–Kier alpha value is -1.68. The number of likely N-dealkylation sites (tertiary alicyclic amines) is 1. The smallest absolute Gasteiger partial charge is 0.240 e. The van der Waals surface area contributed by atoms with Crippen LogP contribution < -0.4 is 0 Å². The summed E-state index contributed by atoms with van der Waals surface area (Å²) in [6, 6.07) is 9.74. The van der Waals surface area contributed by atoms with Crippen molar-refractivity contribution in [3.05, 3.63) is 35.9 Å². The number of amides is 2. The molecule has 2 rings (SSSR count). The Morgan fingerprint density at radius 1 is 1.14 bits per heavy atom. The van der Waals surface area contributed by atoms with E-state index in [9.17, 15) is 9.59 Å². The minimum atomic E-state index is -0.685. The van der Waals surface area contributed by atoms with E-state index in [2.05, 4.69) is 18.7 Å². The Kier molecular flexibility index (Phi) is 4.78. The summed E-state index contributed by atoms with van der Waals surface area (Å²) in [6.45, 7) is 6.98. The standard InChI is InChI=1S/C17H24N2O2/c1-4-19(5-2)12-11-17(14-9-7-6-8-10-14)13-15(20)18(3)16(17)21/h6-10H,4-5,11-13H2,1-3H3. The van der Waals surface area contributed by atoms with Crippen molar-refractivity contribution in [2.45, 2.75) is 32.1 Å². The molecule has 21 heavy (non-hydrogen) atoms. The molecular formula is C17H24N2O2. The molecule has 0 aliphatic carbocycles. The molecule has 4 nitrogen and oxygen atoms in total. The highest BCUT2D eigenvalue weighted by molar-refractivity contribution is 6.08. The number of hydrogen-bond donors (Lipinski definition) is 0. The van der Waals surface area contributed by atoms with E-state index < -0.39 is 5.41 Å². The third kappa shape index (κ3) is 2.86. The van der Waals surface area contributed by atoms with Crippen LogP contribution in [0.4, 0.5) is 0 Å². The largest absolute Gasteiger partial charge is 0.304 e. The molecule has 0 spiro atoms. The van der Waals surface area contributed by atoms with Gasteiger partial charge in [-0.15, -0.1) is 0 Å². The van der Waals surface area contributed by atoms with Crippen molar-refractivity contribution >= 4 is 11.8 Å². The van der Waals surface area contributed by atoms with Crippen LogP contribution in [-0.4, -0.2) is 48.3 Å². The van der Waals surface area contributed by atoms with Crippen LogP contribution >= 0.6 is 0 Å². The summed E-state index contributed by atoms with van der Waals surface area (Å²) in [7, 11) is 1.59. The molecule has 4 heteroatoms. The second kappa shape index (κ2) is 6.39. The van der Waals surface area contributed by atoms with Gasteiger partial charge in [-0.2, -0.15) is 0 Å². The van der Waals surface area contributed by atoms with E-state index in [0.29, 0.717) is 6.42 Å². The van der Waals surface area contributed by atoms with Crippen LogP contribution in [0.1, 0.15) is 32.3 Å². The fourth-order valence-corrected chi connectivity index (χ4v) is 3.10. The highest BCUT2D eigenvalue weighted by Crippen LogP contribution is 2.39. The van der Waals surface area contributed by atoms with Gasteiger partial charge in [0.25, 0.3) is 0 Å². The number of carbonyl (C=O) groups excluding carboxylic acids is 2. The van der Waals surface area contributed by atoms with Gasteiger partial charge >= 0.3 is 0 Å². The van der Waals surface area contributed by atoms with E-state index in [4.69, 9.17) is 0 Å². The zero-order valence-electron chi connectivity index (χ0n) is 13.1. The van der Waals surface area contributed by atoms with Crippen molar-refractivity contribution in [2.75, 3.05) is 26.7 Å². The summed E-state index contributed by atoms with van der Waals surface area (Å²) in [5.41, 5.74) is 0.273. The molecule has 2 amide bonds. The zero-order chi connectivity index (χ0) is 15.5. The summed E-state index contributed by atoms with van der Waals surface area (Å²) in [6.07, 6.45) is 0.973. The van der Waals surface area contributed by atoms with E-state index >= 15 is 0 Å². The summed E-state index contributed by atoms with van der Waals surface area (Å²) in [5, 5.41) is 0. The molecule has 0 radical (unpaired) electrons. The van der Waals surface area contributed by atoms with E-state index in [-0.39, 0.29) is 18.2 Å². The second-order valence-corrected chi connectivity index (χ2v) is 5.66. The maximum atomic E-state index is 12.7. The molecule has 1 aromatic carbocycles. The molecule has 1 unspecified atom stereocenters. The quantitative estimate of drug-likeness (QED) is 0.752. The minimum Gasteiger partial charge on any atom is -0.304 e. The molecule has 1 aromatic rings. The molecule has 114 valence electrons. The third-order valence-electron chi connectivity index (χ3n) is 4.62. The van der Waals surface area contributed by atoms with Crippen molar-refractivity contribution in [1.29, 1.82) is 0 Å². The van der Waals surface area contributed by atoms with Gasteiger partial charge in [-0.05, 0) is 31.6 Å². The predicted molar refractivity (Wildman–Crippen MR) is 82.9 cm³/mol. The molecule has 1 aliphatic heterocycles. The highest BCUT2D eigenvalue weighted by atomic mass is 16.2. The molecule has 1 atom stereocenters. The van der Waals surface area contributed by atoms with E-state index in [1.807, 2.05) is 30.3 Å². The van der Waals surface area contributed by atoms with Crippen LogP contribution in [0.15, 0.2) is 30.3 Å². The number of benzene rings is 1. The number of carbonyl (C=O) groups is 2. The summed E-state index contributed by atoms with van der Waals surface area (Å²) in [5.74, 6) is -0.144. The van der Waals surface area contributed by atoms with Gasteiger partial charge in [0.05, 0.1) is 5.41 Å². The number of imide groups is 1. The maximum absolute atomic E-state index is 12.7. The van der Waals surface area contributed by atoms with Gasteiger partial charge in [0.1, 0.15) is 0 Å². The summed E-state index contributed by atoms with van der Waals surface area (Å²) < 4.78 is 0. The van der Waals surface area contributed by atoms with Crippen LogP contribution in [0.2, 0.25) is 0 Å². The molecule has 1 aliphatic rings. The predicted octanol–water partition coefficient (Wildman–Crippen LogP) is 2.04. The minimum absolute atomic E-state index is 0.0640. The molecule has 0 saturated carbocycles.